The number of halogens is 3. The average molecular weight is 258 g/mol. The Kier molecular flexibility index (Phi) is 2.85. The zero-order valence-corrected chi connectivity index (χ0v) is 9.34. The number of amides is 4. The van der Waals surface area contributed by atoms with E-state index in [2.05, 4.69) is 6.58 Å². The van der Waals surface area contributed by atoms with Crippen LogP contribution >= 0.6 is 35.3 Å². The highest BCUT2D eigenvalue weighted by Crippen LogP contribution is 2.33. The van der Waals surface area contributed by atoms with Crippen LogP contribution in [-0.2, 0) is 0 Å². The minimum absolute atomic E-state index is 0.283. The maximum Gasteiger partial charge on any atom is 0.360 e. The zero-order chi connectivity index (χ0) is 11.1. The lowest BCUT2D eigenvalue weighted by atomic mass is 10.2. The molecule has 0 radical (unpaired) electrons. The molecule has 4 amide bonds. The highest BCUT2D eigenvalue weighted by molar-refractivity contribution is 6.38. The Bertz CT molecular complexity index is 287. The van der Waals surface area contributed by atoms with Crippen molar-refractivity contribution in [3.63, 3.8) is 0 Å². The van der Waals surface area contributed by atoms with Crippen LogP contribution in [0.5, 0.6) is 0 Å². The molecule has 14 heavy (non-hydrogen) atoms. The Morgan fingerprint density at radius 2 is 1.57 bits per heavy atom. The van der Waals surface area contributed by atoms with Crippen molar-refractivity contribution < 1.29 is 9.59 Å². The molecule has 1 aliphatic rings. The zero-order valence-electron chi connectivity index (χ0n) is 7.08. The van der Waals surface area contributed by atoms with Crippen molar-refractivity contribution in [2.24, 2.45) is 0 Å². The van der Waals surface area contributed by atoms with Crippen molar-refractivity contribution in [1.82, 2.24) is 13.3 Å². The smallest absolute Gasteiger partial charge is 0.245 e. The van der Waals surface area contributed by atoms with Gasteiger partial charge in [0.25, 0.3) is 0 Å². The van der Waals surface area contributed by atoms with E-state index in [1.54, 1.807) is 0 Å². The van der Waals surface area contributed by atoms with Gasteiger partial charge < -0.3 is 0 Å². The van der Waals surface area contributed by atoms with Gasteiger partial charge in [0, 0.05) is 35.3 Å². The Morgan fingerprint density at radius 3 is 1.86 bits per heavy atom. The Labute approximate surface area is 95.7 Å². The first-order valence-corrected chi connectivity index (χ1v) is 4.47. The first kappa shape index (κ1) is 11.4. The van der Waals surface area contributed by atoms with E-state index in [-0.39, 0.29) is 4.42 Å². The average Bonchev–Trinajstić information content (AvgIpc) is 2.21. The predicted molar refractivity (Wildman–Crippen MR) is 52.5 cm³/mol. The Hall–Kier alpha value is -0.650. The molecule has 0 spiro atoms. The van der Waals surface area contributed by atoms with Crippen molar-refractivity contribution in [3.8, 4) is 0 Å². The molecular weight excluding hydrogens is 252 g/mol. The Balaban J connectivity index is 3.17. The summed E-state index contributed by atoms with van der Waals surface area (Å²) in [5.41, 5.74) is -1.30. The van der Waals surface area contributed by atoms with Gasteiger partial charge in [0.2, 0.25) is 0 Å². The number of hydrogen-bond acceptors (Lipinski definition) is 2. The van der Waals surface area contributed by atoms with E-state index in [1.807, 2.05) is 0 Å². The Morgan fingerprint density at radius 1 is 1.21 bits per heavy atom. The highest BCUT2D eigenvalue weighted by atomic mass is 35.5. The standard InChI is InChI=1S/C6H6Cl3N3O2/c1-3-6(2)11(8)4(13)10(7)5(14)12(6)9/h3H,1H2,2H3. The molecule has 0 atom stereocenters. The first-order valence-electron chi connectivity index (χ1n) is 3.45. The number of urea groups is 2. The molecule has 1 heterocycles. The van der Waals surface area contributed by atoms with Crippen LogP contribution in [0.15, 0.2) is 12.7 Å². The van der Waals surface area contributed by atoms with Crippen LogP contribution in [0.4, 0.5) is 9.59 Å². The van der Waals surface area contributed by atoms with Gasteiger partial charge in [0.1, 0.15) is 0 Å². The van der Waals surface area contributed by atoms with E-state index in [9.17, 15) is 9.59 Å². The summed E-state index contributed by atoms with van der Waals surface area (Å²) in [6.45, 7) is 4.88. The van der Waals surface area contributed by atoms with Gasteiger partial charge in [-0.1, -0.05) is 6.58 Å². The summed E-state index contributed by atoms with van der Waals surface area (Å²) in [7, 11) is 0. The van der Waals surface area contributed by atoms with Crippen LogP contribution in [0.25, 0.3) is 0 Å². The molecule has 1 aliphatic heterocycles. The van der Waals surface area contributed by atoms with Gasteiger partial charge in [0.15, 0.2) is 5.66 Å². The van der Waals surface area contributed by atoms with Crippen LogP contribution in [0.2, 0.25) is 0 Å². The molecule has 0 saturated carbocycles. The molecule has 78 valence electrons. The lowest BCUT2D eigenvalue weighted by Gasteiger charge is -2.43. The van der Waals surface area contributed by atoms with Crippen LogP contribution < -0.4 is 0 Å². The molecular formula is C6H6Cl3N3O2. The van der Waals surface area contributed by atoms with Gasteiger partial charge in [-0.15, -0.1) is 4.42 Å². The van der Waals surface area contributed by atoms with Crippen molar-refractivity contribution in [3.05, 3.63) is 12.7 Å². The summed E-state index contributed by atoms with van der Waals surface area (Å²) in [5.74, 6) is 0. The fraction of sp³-hybridized carbons (Fsp3) is 0.333. The van der Waals surface area contributed by atoms with E-state index in [0.29, 0.717) is 8.84 Å². The molecule has 1 fully saturated rings. The second-order valence-electron chi connectivity index (χ2n) is 2.71. The third kappa shape index (κ3) is 1.32. The number of rotatable bonds is 1. The number of imide groups is 1. The summed E-state index contributed by atoms with van der Waals surface area (Å²) < 4.78 is 1.65. The fourth-order valence-corrected chi connectivity index (χ4v) is 1.57. The van der Waals surface area contributed by atoms with E-state index in [1.165, 1.54) is 13.0 Å². The van der Waals surface area contributed by atoms with Crippen LogP contribution in [-0.4, -0.2) is 31.0 Å². The van der Waals surface area contributed by atoms with Crippen LogP contribution in [0.3, 0.4) is 0 Å². The summed E-state index contributed by atoms with van der Waals surface area (Å²) >= 11 is 16.6. The lowest BCUT2D eigenvalue weighted by molar-refractivity contribution is 0.0997. The minimum atomic E-state index is -1.30. The van der Waals surface area contributed by atoms with Gasteiger partial charge in [0.05, 0.1) is 0 Å². The van der Waals surface area contributed by atoms with Crippen LogP contribution in [0.1, 0.15) is 6.92 Å². The van der Waals surface area contributed by atoms with Crippen molar-refractivity contribution >= 4 is 47.4 Å². The second-order valence-corrected chi connectivity index (χ2v) is 3.72. The molecule has 0 aromatic carbocycles. The maximum atomic E-state index is 11.3. The summed E-state index contributed by atoms with van der Waals surface area (Å²) in [4.78, 5) is 22.6. The van der Waals surface area contributed by atoms with Crippen LogP contribution in [0, 0.1) is 0 Å². The van der Waals surface area contributed by atoms with E-state index < -0.39 is 17.7 Å². The lowest BCUT2D eigenvalue weighted by Crippen LogP contribution is -2.63. The summed E-state index contributed by atoms with van der Waals surface area (Å²) in [6.07, 6.45) is 1.26. The fourth-order valence-electron chi connectivity index (χ4n) is 0.861. The topological polar surface area (TPSA) is 43.9 Å². The molecule has 8 heteroatoms. The number of nitrogens with zero attached hydrogens (tertiary/aromatic N) is 3. The van der Waals surface area contributed by atoms with Crippen molar-refractivity contribution in [2.45, 2.75) is 12.6 Å². The van der Waals surface area contributed by atoms with E-state index in [0.717, 1.165) is 0 Å². The van der Waals surface area contributed by atoms with Gasteiger partial charge in [-0.3, -0.25) is 0 Å². The third-order valence-corrected chi connectivity index (χ3v) is 3.12. The first-order chi connectivity index (χ1) is 6.36. The van der Waals surface area contributed by atoms with Gasteiger partial charge in [-0.05, 0) is 13.0 Å². The maximum absolute atomic E-state index is 11.3. The molecule has 1 saturated heterocycles. The molecule has 0 aromatic rings. The van der Waals surface area contributed by atoms with Crippen molar-refractivity contribution in [1.29, 1.82) is 0 Å². The third-order valence-electron chi connectivity index (χ3n) is 1.85. The van der Waals surface area contributed by atoms with Gasteiger partial charge in [-0.2, -0.15) is 0 Å². The monoisotopic (exact) mass is 257 g/mol. The minimum Gasteiger partial charge on any atom is -0.245 e. The summed E-state index contributed by atoms with van der Waals surface area (Å²) in [6, 6.07) is -1.75. The molecule has 5 nitrogen and oxygen atoms in total. The molecule has 0 aromatic heterocycles. The van der Waals surface area contributed by atoms with Gasteiger partial charge >= 0.3 is 12.1 Å². The quantitative estimate of drug-likeness (QED) is 0.536. The van der Waals surface area contributed by atoms with Gasteiger partial charge in [-0.25, -0.2) is 18.4 Å². The summed E-state index contributed by atoms with van der Waals surface area (Å²) in [5, 5.41) is 0. The predicted octanol–water partition coefficient (Wildman–Crippen LogP) is 2.51. The second kappa shape index (κ2) is 3.49. The molecule has 0 aliphatic carbocycles. The molecule has 1 rings (SSSR count). The highest BCUT2D eigenvalue weighted by Gasteiger charge is 2.50. The largest absolute Gasteiger partial charge is 0.360 e. The molecule has 0 bridgehead atoms. The SMILES string of the molecule is C=CC1(C)N(Cl)C(=O)N(Cl)C(=O)N1Cl. The number of carbonyl (C=O) groups excluding carboxylic acids is 2. The molecule has 0 N–H and O–H groups in total. The van der Waals surface area contributed by atoms with E-state index in [4.69, 9.17) is 35.3 Å². The normalized spacial score (nSPS) is 21.6. The number of carbonyl (C=O) groups is 2. The van der Waals surface area contributed by atoms with E-state index >= 15 is 0 Å². The molecule has 0 unspecified atom stereocenters. The van der Waals surface area contributed by atoms with Crippen molar-refractivity contribution in [2.75, 3.05) is 0 Å². The number of hydrogen-bond donors (Lipinski definition) is 0.